The molecule has 0 amide bonds. The van der Waals surface area contributed by atoms with Crippen LogP contribution in [0.3, 0.4) is 0 Å². The number of anilines is 1. The Morgan fingerprint density at radius 2 is 1.79 bits per heavy atom. The van der Waals surface area contributed by atoms with E-state index in [1.807, 2.05) is 30.3 Å². The van der Waals surface area contributed by atoms with Gasteiger partial charge in [-0.25, -0.2) is 4.98 Å². The molecule has 3 nitrogen and oxygen atoms in total. The third kappa shape index (κ3) is 2.97. The van der Waals surface area contributed by atoms with E-state index in [9.17, 15) is 5.26 Å². The highest BCUT2D eigenvalue weighted by Gasteiger charge is 2.14. The molecule has 118 valence electrons. The zero-order valence-electron chi connectivity index (χ0n) is 13.5. The van der Waals surface area contributed by atoms with Gasteiger partial charge in [-0.2, -0.15) is 5.26 Å². The molecule has 0 aliphatic heterocycles. The zero-order valence-corrected chi connectivity index (χ0v) is 14.2. The topological polar surface area (TPSA) is 62.7 Å². The van der Waals surface area contributed by atoms with Crippen molar-refractivity contribution in [2.24, 2.45) is 0 Å². The number of aromatic nitrogens is 1. The van der Waals surface area contributed by atoms with Crippen molar-refractivity contribution in [2.75, 3.05) is 5.73 Å². The smallest absolute Gasteiger partial charge is 0.142 e. The number of nitrogen functional groups attached to an aromatic ring is 1. The van der Waals surface area contributed by atoms with Crippen molar-refractivity contribution in [2.45, 2.75) is 13.8 Å². The average Bonchev–Trinajstić information content (AvgIpc) is 2.56. The van der Waals surface area contributed by atoms with E-state index in [1.54, 1.807) is 6.07 Å². The van der Waals surface area contributed by atoms with Crippen molar-refractivity contribution >= 4 is 17.4 Å². The molecule has 0 aliphatic carbocycles. The summed E-state index contributed by atoms with van der Waals surface area (Å²) in [5.41, 5.74) is 12.1. The van der Waals surface area contributed by atoms with Gasteiger partial charge in [0.1, 0.15) is 17.5 Å². The molecule has 3 aromatic rings. The number of nitrogens with two attached hydrogens (primary N) is 1. The third-order valence-electron chi connectivity index (χ3n) is 4.10. The summed E-state index contributed by atoms with van der Waals surface area (Å²) in [5, 5.41) is 10.1. The van der Waals surface area contributed by atoms with Crippen LogP contribution in [0.2, 0.25) is 5.02 Å². The summed E-state index contributed by atoms with van der Waals surface area (Å²) in [6.07, 6.45) is 0. The maximum Gasteiger partial charge on any atom is 0.142 e. The monoisotopic (exact) mass is 333 g/mol. The lowest BCUT2D eigenvalue weighted by molar-refractivity contribution is 1.29. The molecular formula is C20H16ClN3. The lowest BCUT2D eigenvalue weighted by Crippen LogP contribution is -2.00. The quantitative estimate of drug-likeness (QED) is 0.706. The van der Waals surface area contributed by atoms with Crippen LogP contribution in [-0.2, 0) is 0 Å². The fraction of sp³-hybridized carbons (Fsp3) is 0.100. The molecule has 24 heavy (non-hydrogen) atoms. The van der Waals surface area contributed by atoms with E-state index in [0.29, 0.717) is 10.6 Å². The molecule has 0 saturated carbocycles. The highest BCUT2D eigenvalue weighted by molar-refractivity contribution is 6.30. The summed E-state index contributed by atoms with van der Waals surface area (Å²) in [6.45, 7) is 4.13. The Morgan fingerprint density at radius 1 is 1.00 bits per heavy atom. The molecule has 2 N–H and O–H groups in total. The van der Waals surface area contributed by atoms with E-state index in [1.165, 1.54) is 11.1 Å². The lowest BCUT2D eigenvalue weighted by Gasteiger charge is -2.11. The SMILES string of the molecule is Cc1ccc(-c2cc(-c3cccc(Cl)c3)c(C#N)c(N)n2)cc1C. The molecule has 0 radical (unpaired) electrons. The third-order valence-corrected chi connectivity index (χ3v) is 4.33. The van der Waals surface area contributed by atoms with Crippen molar-refractivity contribution < 1.29 is 0 Å². The van der Waals surface area contributed by atoms with Crippen molar-refractivity contribution in [1.82, 2.24) is 4.98 Å². The Morgan fingerprint density at radius 3 is 2.46 bits per heavy atom. The second kappa shape index (κ2) is 6.35. The minimum atomic E-state index is 0.225. The maximum absolute atomic E-state index is 9.47. The minimum Gasteiger partial charge on any atom is -0.383 e. The van der Waals surface area contributed by atoms with E-state index in [-0.39, 0.29) is 5.82 Å². The van der Waals surface area contributed by atoms with Crippen molar-refractivity contribution in [1.29, 1.82) is 5.26 Å². The number of benzene rings is 2. The number of rotatable bonds is 2. The first-order chi connectivity index (χ1) is 11.5. The Kier molecular flexibility index (Phi) is 4.24. The molecule has 1 aromatic heterocycles. The summed E-state index contributed by atoms with van der Waals surface area (Å²) in [7, 11) is 0. The van der Waals surface area contributed by atoms with E-state index >= 15 is 0 Å². The van der Waals surface area contributed by atoms with Gasteiger partial charge in [0.15, 0.2) is 0 Å². The molecule has 0 spiro atoms. The van der Waals surface area contributed by atoms with E-state index in [2.05, 4.69) is 37.0 Å². The van der Waals surface area contributed by atoms with Crippen LogP contribution in [0, 0.1) is 25.2 Å². The molecule has 1 heterocycles. The summed E-state index contributed by atoms with van der Waals surface area (Å²) >= 11 is 6.10. The maximum atomic E-state index is 9.47. The first kappa shape index (κ1) is 16.0. The van der Waals surface area contributed by atoms with E-state index in [0.717, 1.165) is 22.4 Å². The Hall–Kier alpha value is -2.83. The fourth-order valence-corrected chi connectivity index (χ4v) is 2.80. The normalized spacial score (nSPS) is 10.4. The van der Waals surface area contributed by atoms with Crippen LogP contribution in [-0.4, -0.2) is 4.98 Å². The highest BCUT2D eigenvalue weighted by atomic mass is 35.5. The van der Waals surface area contributed by atoms with Crippen molar-refractivity contribution in [3.63, 3.8) is 0 Å². The van der Waals surface area contributed by atoms with Crippen molar-refractivity contribution in [3.8, 4) is 28.5 Å². The van der Waals surface area contributed by atoms with Gasteiger partial charge in [-0.1, -0.05) is 35.9 Å². The van der Waals surface area contributed by atoms with Crippen LogP contribution in [0.5, 0.6) is 0 Å². The molecule has 3 rings (SSSR count). The number of hydrogen-bond acceptors (Lipinski definition) is 3. The number of nitrogens with zero attached hydrogens (tertiary/aromatic N) is 2. The van der Waals surface area contributed by atoms with Gasteiger partial charge >= 0.3 is 0 Å². The molecule has 2 aromatic carbocycles. The molecule has 0 unspecified atom stereocenters. The van der Waals surface area contributed by atoms with Crippen LogP contribution in [0.25, 0.3) is 22.4 Å². The number of hydrogen-bond donors (Lipinski definition) is 1. The second-order valence-corrected chi connectivity index (χ2v) is 6.17. The summed E-state index contributed by atoms with van der Waals surface area (Å²) in [6, 6.07) is 17.6. The molecule has 0 atom stereocenters. The van der Waals surface area contributed by atoms with E-state index < -0.39 is 0 Å². The fourth-order valence-electron chi connectivity index (χ4n) is 2.61. The predicted octanol–water partition coefficient (Wildman–Crippen LogP) is 5.14. The number of aryl methyl sites for hydroxylation is 2. The van der Waals surface area contributed by atoms with Gasteiger partial charge in [-0.05, 0) is 54.8 Å². The Balaban J connectivity index is 2.24. The standard InChI is InChI=1S/C20H16ClN3/c1-12-6-7-15(8-13(12)2)19-10-17(18(11-22)20(23)24-19)14-4-3-5-16(21)9-14/h3-10H,1-2H3,(H2,23,24). The van der Waals surface area contributed by atoms with Crippen LogP contribution >= 0.6 is 11.6 Å². The van der Waals surface area contributed by atoms with Crippen LogP contribution < -0.4 is 5.73 Å². The molecule has 0 bridgehead atoms. The molecular weight excluding hydrogens is 318 g/mol. The van der Waals surface area contributed by atoms with Gasteiger partial charge < -0.3 is 5.73 Å². The lowest BCUT2D eigenvalue weighted by atomic mass is 9.97. The summed E-state index contributed by atoms with van der Waals surface area (Å²) < 4.78 is 0. The Bertz CT molecular complexity index is 971. The van der Waals surface area contributed by atoms with Gasteiger partial charge in [0.05, 0.1) is 5.69 Å². The van der Waals surface area contributed by atoms with Crippen LogP contribution in [0.4, 0.5) is 5.82 Å². The predicted molar refractivity (Wildman–Crippen MR) is 98.7 cm³/mol. The minimum absolute atomic E-state index is 0.225. The van der Waals surface area contributed by atoms with Crippen molar-refractivity contribution in [3.05, 3.63) is 70.2 Å². The van der Waals surface area contributed by atoms with Gasteiger partial charge in [-0.3, -0.25) is 0 Å². The summed E-state index contributed by atoms with van der Waals surface area (Å²) in [4.78, 5) is 4.42. The molecule has 0 saturated heterocycles. The van der Waals surface area contributed by atoms with Crippen LogP contribution in [0.15, 0.2) is 48.5 Å². The van der Waals surface area contributed by atoms with Gasteiger partial charge in [0, 0.05) is 16.1 Å². The van der Waals surface area contributed by atoms with E-state index in [4.69, 9.17) is 17.3 Å². The van der Waals surface area contributed by atoms with Gasteiger partial charge in [0.2, 0.25) is 0 Å². The van der Waals surface area contributed by atoms with Gasteiger partial charge in [-0.15, -0.1) is 0 Å². The molecule has 0 aliphatic rings. The Labute approximate surface area is 146 Å². The van der Waals surface area contributed by atoms with Gasteiger partial charge in [0.25, 0.3) is 0 Å². The second-order valence-electron chi connectivity index (χ2n) is 5.74. The van der Waals surface area contributed by atoms with Crippen LogP contribution in [0.1, 0.15) is 16.7 Å². The number of pyridine rings is 1. The average molecular weight is 334 g/mol. The first-order valence-electron chi connectivity index (χ1n) is 7.54. The highest BCUT2D eigenvalue weighted by Crippen LogP contribution is 2.32. The first-order valence-corrected chi connectivity index (χ1v) is 7.91. The number of nitriles is 1. The summed E-state index contributed by atoms with van der Waals surface area (Å²) in [5.74, 6) is 0.225. The number of halogens is 1. The zero-order chi connectivity index (χ0) is 17.3. The molecule has 4 heteroatoms. The largest absolute Gasteiger partial charge is 0.383 e. The molecule has 0 fully saturated rings.